The summed E-state index contributed by atoms with van der Waals surface area (Å²) in [5.41, 5.74) is 4.91. The van der Waals surface area contributed by atoms with Gasteiger partial charge in [-0.1, -0.05) is 38.8 Å². The molecule has 34 heavy (non-hydrogen) atoms. The van der Waals surface area contributed by atoms with E-state index < -0.39 is 5.82 Å². The van der Waals surface area contributed by atoms with E-state index in [0.29, 0.717) is 17.0 Å². The normalized spacial score (nSPS) is 41.4. The number of carbonyl (C=O) groups excluding carboxylic acids is 1. The molecule has 0 radical (unpaired) electrons. The Morgan fingerprint density at radius 1 is 1.12 bits per heavy atom. The Kier molecular flexibility index (Phi) is 6.30. The molecule has 0 aliphatic heterocycles. The number of rotatable bonds is 4. The van der Waals surface area contributed by atoms with E-state index in [4.69, 9.17) is 17.4 Å². The summed E-state index contributed by atoms with van der Waals surface area (Å²) in [5, 5.41) is 1.38. The van der Waals surface area contributed by atoms with Gasteiger partial charge in [0.15, 0.2) is 11.5 Å². The molecule has 0 aromatic heterocycles. The Morgan fingerprint density at radius 3 is 2.59 bits per heavy atom. The van der Waals surface area contributed by atoms with E-state index in [-0.39, 0.29) is 34.4 Å². The Balaban J connectivity index is 1.32. The lowest BCUT2D eigenvalue weighted by molar-refractivity contribution is -0.257. The number of hydrazine groups is 1. The van der Waals surface area contributed by atoms with Gasteiger partial charge in [0, 0.05) is 5.92 Å². The van der Waals surface area contributed by atoms with Gasteiger partial charge in [-0.25, -0.2) is 5.84 Å². The largest absolute Gasteiger partial charge is 0.321 e. The summed E-state index contributed by atoms with van der Waals surface area (Å²) in [6, 6.07) is 3.12. The van der Waals surface area contributed by atoms with Crippen molar-refractivity contribution in [2.24, 2.45) is 52.2 Å². The highest BCUT2D eigenvalue weighted by atomic mass is 35.5. The number of hydrogen-bond donors (Lipinski definition) is 2. The molecule has 0 spiro atoms. The van der Waals surface area contributed by atoms with Crippen LogP contribution in [0.4, 0.5) is 15.8 Å². The van der Waals surface area contributed by atoms with Crippen LogP contribution in [0.1, 0.15) is 78.6 Å². The fourth-order valence-electron chi connectivity index (χ4n) is 9.22. The van der Waals surface area contributed by atoms with E-state index in [2.05, 4.69) is 26.5 Å². The number of nitrogens with zero attached hydrogens (tertiary/aromatic N) is 1. The first-order valence-electron chi connectivity index (χ1n) is 13.4. The van der Waals surface area contributed by atoms with Gasteiger partial charge in [-0.15, -0.1) is 0 Å². The van der Waals surface area contributed by atoms with Gasteiger partial charge < -0.3 is 5.73 Å². The molecule has 8 atom stereocenters. The van der Waals surface area contributed by atoms with Gasteiger partial charge in [0.25, 0.3) is 0 Å². The van der Waals surface area contributed by atoms with Gasteiger partial charge in [-0.05, 0) is 104 Å². The minimum Gasteiger partial charge on any atom is -0.321 e. The van der Waals surface area contributed by atoms with Gasteiger partial charge in [0.1, 0.15) is 5.69 Å². The van der Waals surface area contributed by atoms with Crippen molar-refractivity contribution in [1.29, 1.82) is 0 Å². The maximum atomic E-state index is 14.2. The van der Waals surface area contributed by atoms with Crippen LogP contribution in [0.3, 0.4) is 0 Å². The molecule has 5 N–H and O–H groups in total. The quantitative estimate of drug-likeness (QED) is 0.407. The fourth-order valence-corrected chi connectivity index (χ4v) is 9.39. The lowest BCUT2D eigenvalue weighted by atomic mass is 9.44. The van der Waals surface area contributed by atoms with E-state index in [9.17, 15) is 9.18 Å². The molecule has 4 aliphatic carbocycles. The summed E-state index contributed by atoms with van der Waals surface area (Å²) in [7, 11) is 0. The molecule has 0 saturated heterocycles. The van der Waals surface area contributed by atoms with Crippen molar-refractivity contribution in [3.8, 4) is 0 Å². The third-order valence-electron chi connectivity index (χ3n) is 11.1. The summed E-state index contributed by atoms with van der Waals surface area (Å²) in [6.45, 7) is 7.51. The topological polar surface area (TPSA) is 74.0 Å². The van der Waals surface area contributed by atoms with Gasteiger partial charge in [-0.2, -0.15) is 4.39 Å². The van der Waals surface area contributed by atoms with Crippen molar-refractivity contribution in [3.63, 3.8) is 0 Å². The molecule has 4 aliphatic rings. The van der Waals surface area contributed by atoms with Gasteiger partial charge in [-0.3, -0.25) is 9.80 Å². The van der Waals surface area contributed by atoms with E-state index >= 15 is 0 Å². The molecule has 0 heterocycles. The molecule has 4 saturated carbocycles. The zero-order valence-electron chi connectivity index (χ0n) is 21.1. The van der Waals surface area contributed by atoms with Crippen LogP contribution in [-0.4, -0.2) is 12.3 Å². The van der Waals surface area contributed by atoms with Gasteiger partial charge in [0.2, 0.25) is 5.82 Å². The zero-order valence-corrected chi connectivity index (χ0v) is 21.8. The van der Waals surface area contributed by atoms with E-state index in [1.165, 1.54) is 49.6 Å². The third-order valence-corrected chi connectivity index (χ3v) is 11.4. The molecule has 0 amide bonds. The summed E-state index contributed by atoms with van der Waals surface area (Å²) in [5.74, 6) is 9.90. The maximum absolute atomic E-state index is 14.2. The fraction of sp³-hybridized carbons (Fsp3) is 0.750. The predicted molar refractivity (Wildman–Crippen MR) is 135 cm³/mol. The molecule has 4 fully saturated rings. The number of anilines is 1. The summed E-state index contributed by atoms with van der Waals surface area (Å²) in [6.07, 6.45) is 11.4. The van der Waals surface area contributed by atoms with Crippen LogP contribution in [0.15, 0.2) is 12.1 Å². The number of fused-ring (bicyclic) bond motifs is 5. The lowest BCUT2D eigenvalue weighted by Gasteiger charge is -2.61. The first kappa shape index (κ1) is 24.5. The van der Waals surface area contributed by atoms with Crippen molar-refractivity contribution in [2.75, 3.05) is 11.6 Å². The first-order valence-corrected chi connectivity index (χ1v) is 13.8. The molecular weight excluding hydrogens is 449 g/mol. The highest BCUT2D eigenvalue weighted by molar-refractivity contribution is 6.31. The monoisotopic (exact) mass is 490 g/mol. The average molecular weight is 491 g/mol. The minimum absolute atomic E-state index is 0.0206. The van der Waals surface area contributed by atoms with Crippen LogP contribution in [0, 0.1) is 52.2 Å². The SMILES string of the molecule is CC1CCC2(C)C(CCC3C2CCC2(C)C(C(=O)CN(N)c4ccc(Cl)c(F)c4[NH3+])CCC32)C1. The Bertz CT molecular complexity index is 971. The van der Waals surface area contributed by atoms with Crippen molar-refractivity contribution in [1.82, 2.24) is 0 Å². The van der Waals surface area contributed by atoms with E-state index in [1.807, 2.05) is 0 Å². The van der Waals surface area contributed by atoms with Crippen LogP contribution >= 0.6 is 11.6 Å². The van der Waals surface area contributed by atoms with Crippen LogP contribution in [-0.2, 0) is 4.79 Å². The lowest BCUT2D eigenvalue weighted by Crippen LogP contribution is -2.54. The molecule has 1 aromatic rings. The Hall–Kier alpha value is -1.17. The van der Waals surface area contributed by atoms with Crippen LogP contribution in [0.2, 0.25) is 5.02 Å². The second-order valence-electron chi connectivity index (χ2n) is 12.7. The van der Waals surface area contributed by atoms with Crippen molar-refractivity contribution < 1.29 is 14.9 Å². The molecule has 0 bridgehead atoms. The smallest absolute Gasteiger partial charge is 0.204 e. The zero-order chi connectivity index (χ0) is 24.4. The second-order valence-corrected chi connectivity index (χ2v) is 13.1. The molecule has 6 heteroatoms. The molecule has 1 aromatic carbocycles. The highest BCUT2D eigenvalue weighted by Crippen LogP contribution is 2.67. The number of hydrogen-bond acceptors (Lipinski definition) is 3. The Labute approximate surface area is 208 Å². The third kappa shape index (κ3) is 3.72. The number of nitrogens with two attached hydrogens (primary N) is 1. The van der Waals surface area contributed by atoms with E-state index in [1.54, 1.807) is 6.07 Å². The number of halogens is 2. The van der Waals surface area contributed by atoms with Crippen LogP contribution in [0.25, 0.3) is 0 Å². The van der Waals surface area contributed by atoms with E-state index in [0.717, 1.165) is 42.9 Å². The number of carbonyl (C=O) groups is 1. The second kappa shape index (κ2) is 8.74. The molecule has 188 valence electrons. The standard InChI is InChI=1S/C28H41ClFN3O/c1-16-10-12-27(2)17(14-16)4-5-18-19-6-7-21(28(19,3)13-11-20(18)27)24(34)15-33(32)23-9-8-22(29)25(30)26(23)31/h8-9,16-21H,4-7,10-15,31-32H2,1-3H3/p+1. The van der Waals surface area contributed by atoms with Crippen LogP contribution in [0.5, 0.6) is 0 Å². The van der Waals surface area contributed by atoms with Gasteiger partial charge in [0.05, 0.1) is 11.6 Å². The van der Waals surface area contributed by atoms with Crippen molar-refractivity contribution >= 4 is 28.8 Å². The van der Waals surface area contributed by atoms with Crippen molar-refractivity contribution in [3.05, 3.63) is 23.0 Å². The summed E-state index contributed by atoms with van der Waals surface area (Å²) >= 11 is 5.87. The summed E-state index contributed by atoms with van der Waals surface area (Å²) < 4.78 is 14.2. The minimum atomic E-state index is -0.575. The van der Waals surface area contributed by atoms with Gasteiger partial charge >= 0.3 is 0 Å². The average Bonchev–Trinajstić information content (AvgIpc) is 3.15. The molecule has 5 rings (SSSR count). The van der Waals surface area contributed by atoms with Crippen molar-refractivity contribution in [2.45, 2.75) is 78.6 Å². The number of Topliss-reactive ketones (excluding diaryl/α,β-unsaturated/α-hetero) is 1. The Morgan fingerprint density at radius 2 is 1.82 bits per heavy atom. The molecule has 8 unspecified atom stereocenters. The number of ketones is 1. The number of quaternary nitrogens is 1. The number of benzene rings is 1. The van der Waals surface area contributed by atoms with Crippen LogP contribution < -0.4 is 16.6 Å². The summed E-state index contributed by atoms with van der Waals surface area (Å²) in [4.78, 5) is 13.6. The molecule has 4 nitrogen and oxygen atoms in total. The predicted octanol–water partition coefficient (Wildman–Crippen LogP) is 5.90. The first-order chi connectivity index (χ1) is 16.1. The molecular formula is C28H42ClFN3O+. The maximum Gasteiger partial charge on any atom is 0.204 e. The highest BCUT2D eigenvalue weighted by Gasteiger charge is 2.61.